The summed E-state index contributed by atoms with van der Waals surface area (Å²) in [5, 5.41) is 3.31. The normalized spacial score (nSPS) is 20.1. The lowest BCUT2D eigenvalue weighted by atomic mass is 9.90. The van der Waals surface area contributed by atoms with E-state index >= 15 is 0 Å². The number of ether oxygens (including phenoxy) is 1. The van der Waals surface area contributed by atoms with Crippen LogP contribution in [0.2, 0.25) is 0 Å². The Labute approximate surface area is 189 Å². The van der Waals surface area contributed by atoms with Crippen LogP contribution in [0, 0.1) is 11.6 Å². The number of hydrogen-bond acceptors (Lipinski definition) is 7. The third kappa shape index (κ3) is 5.55. The van der Waals surface area contributed by atoms with Gasteiger partial charge in [-0.2, -0.15) is 13.8 Å². The zero-order chi connectivity index (χ0) is 22.9. The quantitative estimate of drug-likeness (QED) is 0.491. The number of benzene rings is 1. The van der Waals surface area contributed by atoms with Gasteiger partial charge in [0.05, 0.1) is 6.54 Å². The van der Waals surface area contributed by atoms with Crippen LogP contribution in [-0.4, -0.2) is 51.6 Å². The molecule has 0 amide bonds. The van der Waals surface area contributed by atoms with E-state index in [0.29, 0.717) is 38.4 Å². The fourth-order valence-electron chi connectivity index (χ4n) is 4.17. The lowest BCUT2D eigenvalue weighted by Crippen LogP contribution is -2.38. The second-order valence-electron chi connectivity index (χ2n) is 8.54. The molecule has 1 aromatic heterocycles. The molecular formula is C21H26F4N4O2S. The maximum Gasteiger partial charge on any atom is 0.307 e. The molecule has 176 valence electrons. The number of nitrogens with zero attached hydrogens (tertiary/aromatic N) is 4. The maximum absolute atomic E-state index is 14.7. The molecule has 32 heavy (non-hydrogen) atoms. The Hall–Kier alpha value is -1.85. The number of piperidine rings is 2. The number of likely N-dealkylation sites (tertiary alicyclic amines) is 1. The van der Waals surface area contributed by atoms with Gasteiger partial charge in [-0.3, -0.25) is 9.21 Å². The van der Waals surface area contributed by atoms with E-state index < -0.39 is 23.4 Å². The molecule has 2 aromatic rings. The fourth-order valence-corrected chi connectivity index (χ4v) is 4.40. The first-order valence-electron chi connectivity index (χ1n) is 10.7. The highest BCUT2D eigenvalue weighted by atomic mass is 32.1. The van der Waals surface area contributed by atoms with Crippen molar-refractivity contribution in [2.75, 3.05) is 26.2 Å². The number of rotatable bonds is 6. The van der Waals surface area contributed by atoms with Gasteiger partial charge in [-0.15, -0.1) is 0 Å². The van der Waals surface area contributed by atoms with E-state index in [4.69, 9.17) is 9.26 Å². The van der Waals surface area contributed by atoms with Crippen molar-refractivity contribution in [2.45, 2.75) is 57.1 Å². The Balaban J connectivity index is 1.31. The Morgan fingerprint density at radius 1 is 1.09 bits per heavy atom. The lowest BCUT2D eigenvalue weighted by molar-refractivity contribution is 0.00559. The molecule has 11 heteroatoms. The summed E-state index contributed by atoms with van der Waals surface area (Å²) in [5.74, 6) is -5.29. The van der Waals surface area contributed by atoms with Crippen molar-refractivity contribution < 1.29 is 26.8 Å². The van der Waals surface area contributed by atoms with Crippen molar-refractivity contribution in [1.82, 2.24) is 19.3 Å². The lowest BCUT2D eigenvalue weighted by Gasteiger charge is -2.31. The molecule has 1 aromatic carbocycles. The Bertz CT molecular complexity index is 900. The van der Waals surface area contributed by atoms with Crippen molar-refractivity contribution in [2.24, 2.45) is 0 Å². The smallest absolute Gasteiger partial charge is 0.307 e. The molecule has 6 nitrogen and oxygen atoms in total. The zero-order valence-electron chi connectivity index (χ0n) is 17.7. The van der Waals surface area contributed by atoms with E-state index in [2.05, 4.69) is 23.0 Å². The van der Waals surface area contributed by atoms with Crippen molar-refractivity contribution in [1.29, 1.82) is 0 Å². The second-order valence-corrected chi connectivity index (χ2v) is 9.10. The van der Waals surface area contributed by atoms with Crippen LogP contribution < -0.4 is 4.74 Å². The molecule has 0 radical (unpaired) electrons. The molecule has 2 aliphatic rings. The van der Waals surface area contributed by atoms with Crippen molar-refractivity contribution in [3.63, 3.8) is 0 Å². The molecule has 0 bridgehead atoms. The molecule has 2 saturated heterocycles. The minimum absolute atomic E-state index is 0.109. The molecule has 0 atom stereocenters. The number of halogens is 4. The summed E-state index contributed by atoms with van der Waals surface area (Å²) >= 11 is 4.31. The number of thiol groups is 1. The van der Waals surface area contributed by atoms with Crippen LogP contribution in [0.1, 0.15) is 55.8 Å². The van der Waals surface area contributed by atoms with Gasteiger partial charge in [0.15, 0.2) is 17.4 Å². The highest BCUT2D eigenvalue weighted by Crippen LogP contribution is 2.34. The first kappa shape index (κ1) is 23.3. The molecule has 0 N–H and O–H groups in total. The predicted octanol–water partition coefficient (Wildman–Crippen LogP) is 4.53. The molecule has 2 aliphatic heterocycles. The molecule has 0 saturated carbocycles. The third-order valence-electron chi connectivity index (χ3n) is 6.00. The Morgan fingerprint density at radius 3 is 2.28 bits per heavy atom. The summed E-state index contributed by atoms with van der Waals surface area (Å²) in [4.78, 5) is 5.68. The first-order chi connectivity index (χ1) is 15.2. The second kappa shape index (κ2) is 9.56. The van der Waals surface area contributed by atoms with Crippen molar-refractivity contribution in [3.8, 4) is 5.75 Å². The fraction of sp³-hybridized carbons (Fsp3) is 0.619. The summed E-state index contributed by atoms with van der Waals surface area (Å²) in [7, 11) is 0. The van der Waals surface area contributed by atoms with Gasteiger partial charge in [0, 0.05) is 33.1 Å². The Kier molecular flexibility index (Phi) is 6.97. The van der Waals surface area contributed by atoms with E-state index in [1.165, 1.54) is 12.1 Å². The molecular weight excluding hydrogens is 448 g/mol. The van der Waals surface area contributed by atoms with Gasteiger partial charge < -0.3 is 9.26 Å². The number of hydrogen-bond donors (Lipinski definition) is 1. The average molecular weight is 475 g/mol. The molecule has 0 spiro atoms. The van der Waals surface area contributed by atoms with Crippen LogP contribution in [0.15, 0.2) is 16.7 Å². The first-order valence-corrected chi connectivity index (χ1v) is 11.1. The van der Waals surface area contributed by atoms with Crippen LogP contribution in [0.4, 0.5) is 17.6 Å². The number of alkyl halides is 2. The van der Waals surface area contributed by atoms with Gasteiger partial charge >= 0.3 is 5.92 Å². The van der Waals surface area contributed by atoms with Crippen LogP contribution in [0.5, 0.6) is 5.75 Å². The van der Waals surface area contributed by atoms with Gasteiger partial charge in [-0.05, 0) is 49.3 Å². The summed E-state index contributed by atoms with van der Waals surface area (Å²) in [6.07, 6.45) is 2.33. The van der Waals surface area contributed by atoms with E-state index in [-0.39, 0.29) is 30.2 Å². The van der Waals surface area contributed by atoms with Gasteiger partial charge in [0.2, 0.25) is 11.7 Å². The summed E-state index contributed by atoms with van der Waals surface area (Å²) < 4.78 is 68.3. The molecule has 2 fully saturated rings. The van der Waals surface area contributed by atoms with Crippen LogP contribution >= 0.6 is 12.8 Å². The minimum Gasteiger partial charge on any atom is -0.484 e. The number of aromatic nitrogens is 2. The average Bonchev–Trinajstić information content (AvgIpc) is 3.21. The predicted molar refractivity (Wildman–Crippen MR) is 112 cm³/mol. The van der Waals surface area contributed by atoms with Crippen LogP contribution in [-0.2, 0) is 12.5 Å². The highest BCUT2D eigenvalue weighted by Gasteiger charge is 2.32. The Morgan fingerprint density at radius 2 is 1.72 bits per heavy atom. The third-order valence-corrected chi connectivity index (χ3v) is 6.40. The van der Waals surface area contributed by atoms with Crippen molar-refractivity contribution in [3.05, 3.63) is 41.0 Å². The monoisotopic (exact) mass is 474 g/mol. The zero-order valence-corrected chi connectivity index (χ0v) is 18.6. The molecule has 3 heterocycles. The van der Waals surface area contributed by atoms with Gasteiger partial charge in [0.1, 0.15) is 6.10 Å². The SMILES string of the molecule is CC(F)(F)c1noc(CN2CCC(Oc3c(F)cc(C4CCN(S)CC4)cc3F)CC2)n1. The molecule has 0 unspecified atom stereocenters. The summed E-state index contributed by atoms with van der Waals surface area (Å²) in [6.45, 7) is 3.60. The topological polar surface area (TPSA) is 54.6 Å². The minimum atomic E-state index is -3.16. The van der Waals surface area contributed by atoms with E-state index in [0.717, 1.165) is 25.9 Å². The van der Waals surface area contributed by atoms with Crippen LogP contribution in [0.25, 0.3) is 0 Å². The van der Waals surface area contributed by atoms with Gasteiger partial charge in [-0.25, -0.2) is 8.78 Å². The maximum atomic E-state index is 14.7. The highest BCUT2D eigenvalue weighted by molar-refractivity contribution is 7.77. The molecule has 0 aliphatic carbocycles. The molecule has 4 rings (SSSR count). The van der Waals surface area contributed by atoms with Crippen LogP contribution in [0.3, 0.4) is 0 Å². The van der Waals surface area contributed by atoms with Gasteiger partial charge in [0.25, 0.3) is 0 Å². The summed E-state index contributed by atoms with van der Waals surface area (Å²) in [5.41, 5.74) is 0.653. The van der Waals surface area contributed by atoms with Crippen molar-refractivity contribution >= 4 is 12.8 Å². The largest absolute Gasteiger partial charge is 0.484 e. The van der Waals surface area contributed by atoms with E-state index in [1.807, 2.05) is 9.21 Å². The van der Waals surface area contributed by atoms with E-state index in [9.17, 15) is 17.6 Å². The summed E-state index contributed by atoms with van der Waals surface area (Å²) in [6, 6.07) is 2.76. The van der Waals surface area contributed by atoms with Gasteiger partial charge in [-0.1, -0.05) is 18.0 Å². The standard InChI is InChI=1S/C21H26F4N4O2S/c1-21(24,25)20-26-18(31-27-20)12-28-6-4-15(5-7-28)30-19-16(22)10-14(11-17(19)23)13-2-8-29(32)9-3-13/h10-11,13,15,32H,2-9,12H2,1H3. The van der Waals surface area contributed by atoms with E-state index in [1.54, 1.807) is 0 Å².